The number of aliphatic hydroxyl groups excluding tert-OH is 3. The number of hydrogen-bond donors (Lipinski definition) is 9. The summed E-state index contributed by atoms with van der Waals surface area (Å²) in [6.45, 7) is 0. The molecule has 212 valence electrons. The fraction of sp³-hybridized carbons (Fsp3) is 0.200. The lowest BCUT2D eigenvalue weighted by Crippen LogP contribution is -2.38. The van der Waals surface area contributed by atoms with E-state index in [4.69, 9.17) is 9.47 Å². The van der Waals surface area contributed by atoms with Gasteiger partial charge in [0.2, 0.25) is 11.5 Å². The van der Waals surface area contributed by atoms with Crippen LogP contribution < -0.4 is 9.47 Å². The predicted molar refractivity (Wildman–Crippen MR) is 141 cm³/mol. The van der Waals surface area contributed by atoms with Crippen LogP contribution in [0.4, 0.5) is 0 Å². The first kappa shape index (κ1) is 26.4. The average molecular weight is 563 g/mol. The summed E-state index contributed by atoms with van der Waals surface area (Å²) in [5.41, 5.74) is 0.884. The van der Waals surface area contributed by atoms with Crippen LogP contribution in [0.25, 0.3) is 0 Å². The van der Waals surface area contributed by atoms with Gasteiger partial charge in [-0.1, -0.05) is 30.3 Å². The predicted octanol–water partition coefficient (Wildman–Crippen LogP) is 3.07. The lowest BCUT2D eigenvalue weighted by Gasteiger charge is -2.41. The van der Waals surface area contributed by atoms with Gasteiger partial charge in [-0.05, 0) is 53.1 Å². The smallest absolute Gasteiger partial charge is 0.200 e. The van der Waals surface area contributed by atoms with E-state index in [1.54, 1.807) is 0 Å². The molecular formula is C30H26O11. The van der Waals surface area contributed by atoms with Crippen molar-refractivity contribution in [3.8, 4) is 46.0 Å². The SMILES string of the molecule is Oc1ccc([C@H]2Oc3c(O)c(O)cc([C@@H]4c5ccc(O)c(O)c5O[C@@H](c5ccc(O)cc5)[C@H]4O)c3[C@H](O)[C@H]2O)cc1. The van der Waals surface area contributed by atoms with Crippen LogP contribution in [0.5, 0.6) is 46.0 Å². The van der Waals surface area contributed by atoms with Crippen LogP contribution in [0, 0.1) is 0 Å². The van der Waals surface area contributed by atoms with Gasteiger partial charge in [-0.2, -0.15) is 0 Å². The molecule has 0 spiro atoms. The van der Waals surface area contributed by atoms with Crippen molar-refractivity contribution in [2.75, 3.05) is 0 Å². The molecule has 6 atom stereocenters. The highest BCUT2D eigenvalue weighted by molar-refractivity contribution is 5.65. The summed E-state index contributed by atoms with van der Waals surface area (Å²) in [5.74, 6) is -4.17. The van der Waals surface area contributed by atoms with Gasteiger partial charge >= 0.3 is 0 Å². The highest BCUT2D eigenvalue weighted by Crippen LogP contribution is 2.57. The molecule has 0 bridgehead atoms. The second-order valence-corrected chi connectivity index (χ2v) is 10.1. The van der Waals surface area contributed by atoms with Crippen LogP contribution in [0.1, 0.15) is 52.0 Å². The Balaban J connectivity index is 1.54. The van der Waals surface area contributed by atoms with E-state index in [-0.39, 0.29) is 39.7 Å². The summed E-state index contributed by atoms with van der Waals surface area (Å²) in [6.07, 6.45) is -7.06. The number of phenols is 6. The Hall–Kier alpha value is -4.84. The molecule has 0 radical (unpaired) electrons. The first-order chi connectivity index (χ1) is 19.6. The summed E-state index contributed by atoms with van der Waals surface area (Å²) in [4.78, 5) is 0. The Kier molecular flexibility index (Phi) is 6.22. The zero-order valence-corrected chi connectivity index (χ0v) is 21.2. The van der Waals surface area contributed by atoms with E-state index in [9.17, 15) is 46.0 Å². The highest BCUT2D eigenvalue weighted by Gasteiger charge is 2.47. The van der Waals surface area contributed by atoms with Crippen molar-refractivity contribution in [2.45, 2.75) is 36.4 Å². The third-order valence-electron chi connectivity index (χ3n) is 7.63. The van der Waals surface area contributed by atoms with Crippen LogP contribution in [-0.2, 0) is 0 Å². The number of ether oxygens (including phenoxy) is 2. The van der Waals surface area contributed by atoms with Crippen LogP contribution in [0.3, 0.4) is 0 Å². The molecule has 11 heteroatoms. The van der Waals surface area contributed by atoms with E-state index >= 15 is 0 Å². The van der Waals surface area contributed by atoms with Crippen LogP contribution in [0.15, 0.2) is 66.7 Å². The largest absolute Gasteiger partial charge is 0.508 e. The maximum Gasteiger partial charge on any atom is 0.200 e. The molecule has 4 aromatic carbocycles. The fourth-order valence-electron chi connectivity index (χ4n) is 5.59. The van der Waals surface area contributed by atoms with Crippen molar-refractivity contribution in [3.05, 3.63) is 94.5 Å². The molecule has 2 aliphatic heterocycles. The minimum absolute atomic E-state index is 0.0348. The van der Waals surface area contributed by atoms with Crippen molar-refractivity contribution in [2.24, 2.45) is 0 Å². The number of hydrogen-bond acceptors (Lipinski definition) is 11. The highest BCUT2D eigenvalue weighted by atomic mass is 16.5. The van der Waals surface area contributed by atoms with Gasteiger partial charge in [-0.25, -0.2) is 0 Å². The molecule has 4 aromatic rings. The third kappa shape index (κ3) is 4.18. The van der Waals surface area contributed by atoms with Gasteiger partial charge in [0.05, 0.1) is 0 Å². The van der Waals surface area contributed by atoms with Gasteiger partial charge in [0, 0.05) is 17.0 Å². The van der Waals surface area contributed by atoms with E-state index in [0.717, 1.165) is 6.07 Å². The normalized spacial score (nSPS) is 25.0. The maximum absolute atomic E-state index is 11.7. The zero-order chi connectivity index (χ0) is 29.2. The summed E-state index contributed by atoms with van der Waals surface area (Å²) < 4.78 is 11.9. The number of fused-ring (bicyclic) bond motifs is 2. The van der Waals surface area contributed by atoms with Gasteiger partial charge in [-0.15, -0.1) is 0 Å². The third-order valence-corrected chi connectivity index (χ3v) is 7.63. The van der Waals surface area contributed by atoms with Gasteiger partial charge in [-0.3, -0.25) is 0 Å². The molecule has 11 nitrogen and oxygen atoms in total. The topological polar surface area (TPSA) is 201 Å². The first-order valence-electron chi connectivity index (χ1n) is 12.7. The van der Waals surface area contributed by atoms with E-state index in [0.29, 0.717) is 11.1 Å². The molecule has 6 rings (SSSR count). The maximum atomic E-state index is 11.7. The lowest BCUT2D eigenvalue weighted by atomic mass is 9.76. The van der Waals surface area contributed by atoms with Crippen LogP contribution >= 0.6 is 0 Å². The van der Waals surface area contributed by atoms with Crippen LogP contribution in [-0.4, -0.2) is 58.2 Å². The molecule has 41 heavy (non-hydrogen) atoms. The van der Waals surface area contributed by atoms with Gasteiger partial charge in [0.1, 0.15) is 29.8 Å². The van der Waals surface area contributed by atoms with Gasteiger partial charge in [0.15, 0.2) is 35.2 Å². The molecule has 0 saturated carbocycles. The molecule has 2 aliphatic rings. The van der Waals surface area contributed by atoms with Gasteiger partial charge < -0.3 is 55.4 Å². The summed E-state index contributed by atoms with van der Waals surface area (Å²) in [5, 5.41) is 96.0. The molecular weight excluding hydrogens is 536 g/mol. The lowest BCUT2D eigenvalue weighted by molar-refractivity contribution is -0.0722. The monoisotopic (exact) mass is 562 g/mol. The number of phenolic OH excluding ortho intramolecular Hbond substituents is 6. The molecule has 0 aromatic heterocycles. The Morgan fingerprint density at radius 2 is 1.02 bits per heavy atom. The first-order valence-corrected chi connectivity index (χ1v) is 12.7. The number of aromatic hydroxyl groups is 6. The molecule has 0 unspecified atom stereocenters. The van der Waals surface area contributed by atoms with E-state index in [1.807, 2.05) is 0 Å². The second-order valence-electron chi connectivity index (χ2n) is 10.1. The quantitative estimate of drug-likeness (QED) is 0.166. The van der Waals surface area contributed by atoms with E-state index in [1.165, 1.54) is 60.7 Å². The number of rotatable bonds is 3. The molecule has 0 saturated heterocycles. The Morgan fingerprint density at radius 1 is 0.512 bits per heavy atom. The van der Waals surface area contributed by atoms with Crippen molar-refractivity contribution in [3.63, 3.8) is 0 Å². The van der Waals surface area contributed by atoms with Crippen molar-refractivity contribution >= 4 is 0 Å². The average Bonchev–Trinajstić information content (AvgIpc) is 2.95. The van der Waals surface area contributed by atoms with Crippen molar-refractivity contribution < 1.29 is 55.4 Å². The van der Waals surface area contributed by atoms with Gasteiger partial charge in [0.25, 0.3) is 0 Å². The summed E-state index contributed by atoms with van der Waals surface area (Å²) in [7, 11) is 0. The Morgan fingerprint density at radius 3 is 1.61 bits per heavy atom. The number of benzene rings is 4. The second kappa shape index (κ2) is 9.66. The minimum atomic E-state index is -1.68. The Bertz CT molecular complexity index is 1620. The minimum Gasteiger partial charge on any atom is -0.508 e. The standard InChI is InChI=1S/C30H26O11/c31-14-5-1-12(2-6-14)27-25(38)20(16-9-10-18(33)22(35)29(16)40-27)17-11-19(34)23(36)30-21(17)24(37)26(39)28(41-30)13-3-7-15(32)8-4-13/h1-11,20,24-28,31-39H/t20-,24-,25-,26+,27-,28+/m0/s1. The molecule has 9 N–H and O–H groups in total. The Labute approximate surface area is 232 Å². The summed E-state index contributed by atoms with van der Waals surface area (Å²) in [6, 6.07) is 15.1. The number of aliphatic hydroxyl groups is 3. The van der Waals surface area contributed by atoms with Crippen LogP contribution in [0.2, 0.25) is 0 Å². The van der Waals surface area contributed by atoms with Crippen molar-refractivity contribution in [1.82, 2.24) is 0 Å². The molecule has 2 heterocycles. The van der Waals surface area contributed by atoms with E-state index < -0.39 is 59.4 Å². The molecule has 0 fully saturated rings. The van der Waals surface area contributed by atoms with E-state index in [2.05, 4.69) is 0 Å². The molecule has 0 aliphatic carbocycles. The zero-order valence-electron chi connectivity index (χ0n) is 21.2. The van der Waals surface area contributed by atoms with Crippen molar-refractivity contribution in [1.29, 1.82) is 0 Å². The fourth-order valence-corrected chi connectivity index (χ4v) is 5.59. The summed E-state index contributed by atoms with van der Waals surface area (Å²) >= 11 is 0. The molecule has 0 amide bonds.